The summed E-state index contributed by atoms with van der Waals surface area (Å²) in [6, 6.07) is 0. The molecule has 0 saturated carbocycles. The smallest absolute Gasteiger partial charge is 0.306 e. The van der Waals surface area contributed by atoms with E-state index in [9.17, 15) is 14.4 Å². The first-order chi connectivity index (χ1) is 32.5. The molecule has 0 saturated heterocycles. The molecule has 0 amide bonds. The molecule has 0 heterocycles. The van der Waals surface area contributed by atoms with Gasteiger partial charge in [-0.2, -0.15) is 0 Å². The van der Waals surface area contributed by atoms with E-state index in [1.54, 1.807) is 0 Å². The molecule has 0 fully saturated rings. The van der Waals surface area contributed by atoms with Crippen LogP contribution in [-0.4, -0.2) is 37.2 Å². The minimum atomic E-state index is -0.803. The molecule has 0 radical (unpaired) electrons. The Labute approximate surface area is 406 Å². The van der Waals surface area contributed by atoms with Crippen molar-refractivity contribution in [1.82, 2.24) is 0 Å². The molecular formula is C60H98O6. The van der Waals surface area contributed by atoms with Gasteiger partial charge in [-0.15, -0.1) is 0 Å². The minimum Gasteiger partial charge on any atom is -0.462 e. The molecule has 374 valence electrons. The summed E-state index contributed by atoms with van der Waals surface area (Å²) in [5.74, 6) is -0.951. The van der Waals surface area contributed by atoms with Crippen LogP contribution < -0.4 is 0 Å². The van der Waals surface area contributed by atoms with E-state index in [0.717, 1.165) is 116 Å². The van der Waals surface area contributed by atoms with Gasteiger partial charge in [-0.1, -0.05) is 226 Å². The number of rotatable bonds is 47. The third-order valence-corrected chi connectivity index (χ3v) is 11.1. The Balaban J connectivity index is 4.45. The standard InChI is InChI=1S/C60H98O6/c1-4-7-10-13-16-19-22-25-28-29-30-31-33-35-38-41-44-47-50-53-59(62)65-56-57(55-64-58(61)52-49-46-43-40-37-34-27-24-21-18-15-12-9-6-3)66-60(63)54-51-48-45-42-39-36-32-26-23-20-17-14-11-8-5-2/h8-9,11-12,14,16-23,25-27,32,34,57H,4-7,10,13,15,24,28-31,33,35-56H2,1-3H3/b11-8-,12-9-,17-14-,19-16-,21-18-,23-20-,25-22-,32-26-,34-27-. The summed E-state index contributed by atoms with van der Waals surface area (Å²) >= 11 is 0. The number of carbonyl (C=O) groups is 3. The van der Waals surface area contributed by atoms with E-state index in [4.69, 9.17) is 14.2 Å². The first kappa shape index (κ1) is 62.1. The zero-order valence-electron chi connectivity index (χ0n) is 42.7. The lowest BCUT2D eigenvalue weighted by Crippen LogP contribution is -2.30. The number of ether oxygens (including phenoxy) is 3. The predicted octanol–water partition coefficient (Wildman–Crippen LogP) is 17.9. The summed E-state index contributed by atoms with van der Waals surface area (Å²) in [6.45, 7) is 6.31. The van der Waals surface area contributed by atoms with Crippen molar-refractivity contribution in [2.24, 2.45) is 0 Å². The largest absolute Gasteiger partial charge is 0.462 e. The van der Waals surface area contributed by atoms with Crippen molar-refractivity contribution >= 4 is 17.9 Å². The second-order valence-electron chi connectivity index (χ2n) is 17.5. The van der Waals surface area contributed by atoms with E-state index in [-0.39, 0.29) is 31.1 Å². The van der Waals surface area contributed by atoms with Crippen molar-refractivity contribution in [3.63, 3.8) is 0 Å². The van der Waals surface area contributed by atoms with Crippen LogP contribution in [0.2, 0.25) is 0 Å². The molecule has 0 spiro atoms. The fraction of sp³-hybridized carbons (Fsp3) is 0.650. The third kappa shape index (κ3) is 51.1. The van der Waals surface area contributed by atoms with Gasteiger partial charge < -0.3 is 14.2 Å². The topological polar surface area (TPSA) is 78.9 Å². The van der Waals surface area contributed by atoms with Crippen LogP contribution in [0.5, 0.6) is 0 Å². The highest BCUT2D eigenvalue weighted by Gasteiger charge is 2.19. The summed E-state index contributed by atoms with van der Waals surface area (Å²) in [5, 5.41) is 0. The van der Waals surface area contributed by atoms with Crippen molar-refractivity contribution in [2.45, 2.75) is 239 Å². The Kier molecular flexibility index (Phi) is 50.5. The Bertz CT molecular complexity index is 1370. The van der Waals surface area contributed by atoms with Crippen LogP contribution in [0.15, 0.2) is 109 Å². The van der Waals surface area contributed by atoms with Gasteiger partial charge in [0, 0.05) is 19.3 Å². The van der Waals surface area contributed by atoms with Crippen molar-refractivity contribution < 1.29 is 28.6 Å². The van der Waals surface area contributed by atoms with E-state index in [0.29, 0.717) is 19.3 Å². The normalized spacial score (nSPS) is 13.0. The number of carbonyl (C=O) groups excluding carboxylic acids is 3. The molecule has 0 aliphatic carbocycles. The summed E-state index contributed by atoms with van der Waals surface area (Å²) in [7, 11) is 0. The minimum absolute atomic E-state index is 0.0988. The van der Waals surface area contributed by atoms with E-state index in [1.807, 2.05) is 18.2 Å². The van der Waals surface area contributed by atoms with Crippen LogP contribution in [0.1, 0.15) is 233 Å². The number of hydrogen-bond donors (Lipinski definition) is 0. The molecule has 66 heavy (non-hydrogen) atoms. The van der Waals surface area contributed by atoms with Gasteiger partial charge in [0.15, 0.2) is 6.10 Å². The lowest BCUT2D eigenvalue weighted by atomic mass is 10.1. The summed E-state index contributed by atoms with van der Waals surface area (Å²) < 4.78 is 16.8. The van der Waals surface area contributed by atoms with Gasteiger partial charge in [0.25, 0.3) is 0 Å². The highest BCUT2D eigenvalue weighted by atomic mass is 16.6. The lowest BCUT2D eigenvalue weighted by molar-refractivity contribution is -0.167. The maximum absolute atomic E-state index is 12.8. The lowest BCUT2D eigenvalue weighted by Gasteiger charge is -2.18. The molecule has 0 aliphatic rings. The second-order valence-corrected chi connectivity index (χ2v) is 17.5. The maximum Gasteiger partial charge on any atom is 0.306 e. The molecule has 1 unspecified atom stereocenters. The maximum atomic E-state index is 12.8. The highest BCUT2D eigenvalue weighted by Crippen LogP contribution is 2.14. The monoisotopic (exact) mass is 915 g/mol. The first-order valence-electron chi connectivity index (χ1n) is 27.0. The Hall–Kier alpha value is -3.93. The molecule has 6 heteroatoms. The highest BCUT2D eigenvalue weighted by molar-refractivity contribution is 5.71. The van der Waals surface area contributed by atoms with Crippen molar-refractivity contribution in [2.75, 3.05) is 13.2 Å². The predicted molar refractivity (Wildman–Crippen MR) is 283 cm³/mol. The molecule has 0 aromatic rings. The van der Waals surface area contributed by atoms with Crippen LogP contribution in [0, 0.1) is 0 Å². The quantitative estimate of drug-likeness (QED) is 0.0199. The average Bonchev–Trinajstić information content (AvgIpc) is 3.31. The Morgan fingerprint density at radius 2 is 0.667 bits per heavy atom. The molecule has 6 nitrogen and oxygen atoms in total. The molecule has 0 rings (SSSR count). The SMILES string of the molecule is CC\C=C/C=C\C=C/C=C\CCCCCCCC(=O)OC(COC(=O)CCCCCC/C=C\C/C=C\C/C=C\CC)COC(=O)CCCCCCCCCCCC/C=C\C=C/CCCCC. The fourth-order valence-electron chi connectivity index (χ4n) is 7.10. The Morgan fingerprint density at radius 1 is 0.333 bits per heavy atom. The fourth-order valence-corrected chi connectivity index (χ4v) is 7.10. The van der Waals surface area contributed by atoms with E-state index in [1.165, 1.54) is 77.0 Å². The first-order valence-corrected chi connectivity index (χ1v) is 27.0. The van der Waals surface area contributed by atoms with Gasteiger partial charge in [-0.3, -0.25) is 14.4 Å². The van der Waals surface area contributed by atoms with Crippen LogP contribution in [0.3, 0.4) is 0 Å². The van der Waals surface area contributed by atoms with Gasteiger partial charge in [0.2, 0.25) is 0 Å². The third-order valence-electron chi connectivity index (χ3n) is 11.1. The molecule has 0 aliphatic heterocycles. The molecule has 1 atom stereocenters. The number of hydrogen-bond acceptors (Lipinski definition) is 6. The molecule has 0 bridgehead atoms. The van der Waals surface area contributed by atoms with Crippen LogP contribution in [0.4, 0.5) is 0 Å². The zero-order valence-corrected chi connectivity index (χ0v) is 42.7. The molecule has 0 N–H and O–H groups in total. The Morgan fingerprint density at radius 3 is 1.12 bits per heavy atom. The van der Waals surface area contributed by atoms with Gasteiger partial charge in [-0.25, -0.2) is 0 Å². The van der Waals surface area contributed by atoms with Gasteiger partial charge in [-0.05, 0) is 96.3 Å². The molecular weight excluding hydrogens is 817 g/mol. The van der Waals surface area contributed by atoms with Crippen LogP contribution in [-0.2, 0) is 28.6 Å². The number of esters is 3. The molecule has 0 aromatic carbocycles. The number of unbranched alkanes of at least 4 members (excludes halogenated alkanes) is 22. The summed E-state index contributed by atoms with van der Waals surface area (Å²) in [5.41, 5.74) is 0. The van der Waals surface area contributed by atoms with Crippen molar-refractivity contribution in [3.05, 3.63) is 109 Å². The number of allylic oxidation sites excluding steroid dienone is 18. The van der Waals surface area contributed by atoms with Gasteiger partial charge >= 0.3 is 17.9 Å². The second kappa shape index (κ2) is 53.7. The van der Waals surface area contributed by atoms with Gasteiger partial charge in [0.05, 0.1) is 0 Å². The van der Waals surface area contributed by atoms with Crippen molar-refractivity contribution in [1.29, 1.82) is 0 Å². The summed E-state index contributed by atoms with van der Waals surface area (Å²) in [4.78, 5) is 38.1. The average molecular weight is 915 g/mol. The van der Waals surface area contributed by atoms with Crippen LogP contribution >= 0.6 is 0 Å². The van der Waals surface area contributed by atoms with E-state index < -0.39 is 6.10 Å². The van der Waals surface area contributed by atoms with Crippen molar-refractivity contribution in [3.8, 4) is 0 Å². The van der Waals surface area contributed by atoms with E-state index >= 15 is 0 Å². The van der Waals surface area contributed by atoms with E-state index in [2.05, 4.69) is 112 Å². The van der Waals surface area contributed by atoms with Gasteiger partial charge in [0.1, 0.15) is 13.2 Å². The van der Waals surface area contributed by atoms with Crippen LogP contribution in [0.25, 0.3) is 0 Å². The summed E-state index contributed by atoms with van der Waals surface area (Å²) in [6.07, 6.45) is 72.1. The zero-order chi connectivity index (χ0) is 47.9. The molecule has 0 aromatic heterocycles.